The van der Waals surface area contributed by atoms with Gasteiger partial charge in [0.2, 0.25) is 8.32 Å². The summed E-state index contributed by atoms with van der Waals surface area (Å²) >= 11 is 0. The molecule has 4 aromatic carbocycles. The quantitative estimate of drug-likeness (QED) is 0.380. The summed E-state index contributed by atoms with van der Waals surface area (Å²) < 4.78 is 14.1. The smallest absolute Gasteiger partial charge is 0.349 e. The molecule has 0 amide bonds. The summed E-state index contributed by atoms with van der Waals surface area (Å²) in [5, 5.41) is 5.01. The van der Waals surface area contributed by atoms with Gasteiger partial charge in [-0.25, -0.2) is 0 Å². The minimum absolute atomic E-state index is 0.929. The van der Waals surface area contributed by atoms with E-state index in [0.717, 1.165) is 0 Å². The zero-order valence-corrected chi connectivity index (χ0v) is 21.5. The van der Waals surface area contributed by atoms with Crippen LogP contribution in [0.3, 0.4) is 0 Å². The van der Waals surface area contributed by atoms with Crippen LogP contribution < -0.4 is 20.7 Å². The molecule has 156 valence electrons. The fourth-order valence-corrected chi connectivity index (χ4v) is 14.9. The van der Waals surface area contributed by atoms with E-state index in [4.69, 9.17) is 8.23 Å². The van der Waals surface area contributed by atoms with Gasteiger partial charge in [0, 0.05) is 0 Å². The Morgan fingerprint density at radius 1 is 0.516 bits per heavy atom. The maximum Gasteiger partial charge on any atom is 0.349 e. The summed E-state index contributed by atoms with van der Waals surface area (Å²) in [6, 6.07) is 42.5. The second-order valence-corrected chi connectivity index (χ2v) is 16.7. The maximum atomic E-state index is 7.30. The fraction of sp³-hybridized carbons (Fsp3) is 0.0769. The van der Waals surface area contributed by atoms with Crippen LogP contribution >= 0.6 is 0 Å². The van der Waals surface area contributed by atoms with E-state index in [2.05, 4.69) is 134 Å². The summed E-state index contributed by atoms with van der Waals surface area (Å²) in [7, 11) is -6.11. The van der Waals surface area contributed by atoms with Crippen molar-refractivity contribution in [3.05, 3.63) is 121 Å². The summed E-state index contributed by atoms with van der Waals surface area (Å²) in [5.41, 5.74) is 0. The highest BCUT2D eigenvalue weighted by atomic mass is 28.5. The van der Waals surface area contributed by atoms with Crippen molar-refractivity contribution in [1.29, 1.82) is 0 Å². The van der Waals surface area contributed by atoms with Gasteiger partial charge in [-0.3, -0.25) is 0 Å². The Labute approximate surface area is 189 Å². The zero-order chi connectivity index (χ0) is 21.6. The zero-order valence-electron chi connectivity index (χ0n) is 18.1. The lowest BCUT2D eigenvalue weighted by molar-refractivity contribution is 0.430. The second-order valence-electron chi connectivity index (χ2n) is 7.95. The topological polar surface area (TPSA) is 18.5 Å². The molecule has 0 fully saturated rings. The Balaban J connectivity index is 1.76. The van der Waals surface area contributed by atoms with Crippen molar-refractivity contribution < 1.29 is 8.23 Å². The maximum absolute atomic E-state index is 7.30. The Bertz CT molecular complexity index is 1040. The van der Waals surface area contributed by atoms with E-state index in [1.165, 1.54) is 20.7 Å². The molecule has 5 heteroatoms. The van der Waals surface area contributed by atoms with Crippen molar-refractivity contribution in [3.63, 3.8) is 0 Å². The van der Waals surface area contributed by atoms with E-state index in [1.54, 1.807) is 0 Å². The van der Waals surface area contributed by atoms with E-state index in [-0.39, 0.29) is 0 Å². The van der Waals surface area contributed by atoms with Crippen LogP contribution in [0.15, 0.2) is 121 Å². The molecule has 0 radical (unpaired) electrons. The summed E-state index contributed by atoms with van der Waals surface area (Å²) in [5.74, 6) is 0. The van der Waals surface area contributed by atoms with Crippen LogP contribution in [-0.4, -0.2) is 26.6 Å². The first kappa shape index (κ1) is 21.7. The van der Waals surface area contributed by atoms with Gasteiger partial charge in [-0.15, -0.1) is 0 Å². The Kier molecular flexibility index (Phi) is 6.80. The van der Waals surface area contributed by atoms with E-state index >= 15 is 0 Å². The average Bonchev–Trinajstić information content (AvgIpc) is 2.85. The molecular formula is C26H28O2Si3. The summed E-state index contributed by atoms with van der Waals surface area (Å²) in [6.07, 6.45) is 0. The molecule has 0 N–H and O–H groups in total. The van der Waals surface area contributed by atoms with Gasteiger partial charge in [-0.1, -0.05) is 121 Å². The molecule has 4 rings (SSSR count). The average molecular weight is 457 g/mol. The molecule has 0 saturated heterocycles. The van der Waals surface area contributed by atoms with Gasteiger partial charge in [0.25, 0.3) is 0 Å². The van der Waals surface area contributed by atoms with E-state index in [9.17, 15) is 0 Å². The van der Waals surface area contributed by atoms with E-state index in [1.807, 2.05) is 0 Å². The molecule has 0 bridgehead atoms. The molecule has 0 aliphatic heterocycles. The Morgan fingerprint density at radius 2 is 0.903 bits per heavy atom. The van der Waals surface area contributed by atoms with E-state index < -0.39 is 26.6 Å². The number of benzene rings is 4. The highest BCUT2D eigenvalue weighted by Crippen LogP contribution is 2.17. The fourth-order valence-electron chi connectivity index (χ4n) is 3.89. The molecule has 1 atom stereocenters. The molecule has 0 aromatic heterocycles. The van der Waals surface area contributed by atoms with Gasteiger partial charge in [0.15, 0.2) is 9.76 Å². The summed E-state index contributed by atoms with van der Waals surface area (Å²) in [6.45, 7) is 4.52. The first-order chi connectivity index (χ1) is 15.1. The van der Waals surface area contributed by atoms with Gasteiger partial charge in [-0.05, 0) is 33.8 Å². The molecule has 4 aromatic rings. The third-order valence-corrected chi connectivity index (χ3v) is 16.7. The number of hydrogen-bond donors (Lipinski definition) is 0. The predicted octanol–water partition coefficient (Wildman–Crippen LogP) is 2.80. The van der Waals surface area contributed by atoms with Gasteiger partial charge in [0.05, 0.1) is 0 Å². The standard InChI is InChI=1S/C26H28O2Si3/c1-30(24-17-9-4-10-18-24,25-19-11-5-12-20-25)28-31(2,26-21-13-6-14-22-26)27-29-23-15-7-3-8-16-23/h3-22H,29H2,1-2H3. The van der Waals surface area contributed by atoms with Crippen molar-refractivity contribution in [3.8, 4) is 0 Å². The van der Waals surface area contributed by atoms with Crippen LogP contribution in [0.25, 0.3) is 0 Å². The van der Waals surface area contributed by atoms with Crippen molar-refractivity contribution in [2.24, 2.45) is 0 Å². The van der Waals surface area contributed by atoms with Crippen LogP contribution in [-0.2, 0) is 8.23 Å². The van der Waals surface area contributed by atoms with Crippen LogP contribution in [0.5, 0.6) is 0 Å². The molecule has 31 heavy (non-hydrogen) atoms. The molecule has 2 nitrogen and oxygen atoms in total. The van der Waals surface area contributed by atoms with Gasteiger partial charge in [0.1, 0.15) is 0 Å². The minimum atomic E-state index is -2.69. The molecule has 0 saturated carbocycles. The van der Waals surface area contributed by atoms with Crippen LogP contribution in [0.1, 0.15) is 0 Å². The lowest BCUT2D eigenvalue weighted by Crippen LogP contribution is -2.68. The molecule has 0 heterocycles. The Morgan fingerprint density at radius 3 is 1.35 bits per heavy atom. The highest BCUT2D eigenvalue weighted by molar-refractivity contribution is 7.03. The SMILES string of the molecule is C[Si](O[SiH2]c1ccccc1)(O[Si](C)(c1ccccc1)c1ccccc1)c1ccccc1. The second kappa shape index (κ2) is 9.72. The van der Waals surface area contributed by atoms with Crippen molar-refractivity contribution in [2.45, 2.75) is 13.1 Å². The third-order valence-electron chi connectivity index (χ3n) is 5.70. The molecular weight excluding hydrogens is 429 g/mol. The first-order valence-corrected chi connectivity index (χ1v) is 16.7. The van der Waals surface area contributed by atoms with Crippen LogP contribution in [0, 0.1) is 0 Å². The lowest BCUT2D eigenvalue weighted by atomic mass is 10.4. The molecule has 1 unspecified atom stereocenters. The number of hydrogen-bond acceptors (Lipinski definition) is 2. The van der Waals surface area contributed by atoms with E-state index in [0.29, 0.717) is 0 Å². The van der Waals surface area contributed by atoms with Crippen LogP contribution in [0.2, 0.25) is 13.1 Å². The highest BCUT2D eigenvalue weighted by Gasteiger charge is 2.45. The molecule has 0 aliphatic rings. The van der Waals surface area contributed by atoms with Gasteiger partial charge in [-0.2, -0.15) is 0 Å². The van der Waals surface area contributed by atoms with Crippen LogP contribution in [0.4, 0.5) is 0 Å². The minimum Gasteiger partial charge on any atom is -0.434 e. The Hall–Kier alpha value is -2.55. The number of rotatable bonds is 8. The van der Waals surface area contributed by atoms with Crippen molar-refractivity contribution >= 4 is 47.4 Å². The van der Waals surface area contributed by atoms with Crippen molar-refractivity contribution in [2.75, 3.05) is 0 Å². The molecule has 0 aliphatic carbocycles. The van der Waals surface area contributed by atoms with Gasteiger partial charge >= 0.3 is 8.56 Å². The van der Waals surface area contributed by atoms with Gasteiger partial charge < -0.3 is 8.23 Å². The predicted molar refractivity (Wildman–Crippen MR) is 138 cm³/mol. The van der Waals surface area contributed by atoms with Crippen molar-refractivity contribution in [1.82, 2.24) is 0 Å². The normalized spacial score (nSPS) is 13.9. The largest absolute Gasteiger partial charge is 0.434 e. The third kappa shape index (κ3) is 5.03. The molecule has 0 spiro atoms. The first-order valence-electron chi connectivity index (χ1n) is 10.6. The summed E-state index contributed by atoms with van der Waals surface area (Å²) in [4.78, 5) is 0. The monoisotopic (exact) mass is 456 g/mol. The lowest BCUT2D eigenvalue weighted by Gasteiger charge is -2.39.